The van der Waals surface area contributed by atoms with Crippen molar-refractivity contribution in [3.05, 3.63) is 60.2 Å². The molecule has 0 aliphatic heterocycles. The number of esters is 1. The number of ether oxygens (including phenoxy) is 3. The minimum atomic E-state index is -0.596. The monoisotopic (exact) mass is 433 g/mol. The van der Waals surface area contributed by atoms with Gasteiger partial charge in [-0.3, -0.25) is 10.1 Å². The van der Waals surface area contributed by atoms with Gasteiger partial charge in [0.1, 0.15) is 18.5 Å². The third kappa shape index (κ3) is 7.96. The van der Waals surface area contributed by atoms with E-state index in [-0.39, 0.29) is 31.5 Å². The lowest BCUT2D eigenvalue weighted by molar-refractivity contribution is -0.141. The topological polar surface area (TPSA) is 94.1 Å². The molecule has 162 valence electrons. The smallest absolute Gasteiger partial charge is 0.412 e. The predicted molar refractivity (Wildman–Crippen MR) is 117 cm³/mol. The van der Waals surface area contributed by atoms with E-state index in [9.17, 15) is 9.59 Å². The van der Waals surface area contributed by atoms with Crippen molar-refractivity contribution in [2.45, 2.75) is 19.4 Å². The molecule has 0 aliphatic carbocycles. The fourth-order valence-electron chi connectivity index (χ4n) is 2.80. The van der Waals surface area contributed by atoms with Crippen molar-refractivity contribution in [1.82, 2.24) is 0 Å². The summed E-state index contributed by atoms with van der Waals surface area (Å²) in [6.07, 6.45) is -0.696. The Hall–Kier alpha value is -2.71. The molecule has 0 unspecified atom stereocenters. The maximum atomic E-state index is 12.5. The highest BCUT2D eigenvalue weighted by Crippen LogP contribution is 2.31. The van der Waals surface area contributed by atoms with E-state index in [1.54, 1.807) is 30.3 Å². The van der Waals surface area contributed by atoms with Crippen molar-refractivity contribution in [2.75, 3.05) is 30.9 Å². The summed E-state index contributed by atoms with van der Waals surface area (Å²) in [5.74, 6) is 0.0294. The van der Waals surface area contributed by atoms with Gasteiger partial charge in [-0.1, -0.05) is 37.3 Å². The summed E-state index contributed by atoms with van der Waals surface area (Å²) in [6.45, 7) is 2.17. The van der Waals surface area contributed by atoms with Crippen LogP contribution >= 0.6 is 12.6 Å². The zero-order valence-electron chi connectivity index (χ0n) is 16.8. The number of carbonyl (C=O) groups is 2. The third-order valence-corrected chi connectivity index (χ3v) is 4.54. The lowest BCUT2D eigenvalue weighted by Crippen LogP contribution is -2.23. The molecule has 0 bridgehead atoms. The molecule has 0 aromatic heterocycles. The molecule has 0 spiro atoms. The third-order valence-electron chi connectivity index (χ3n) is 4.28. The van der Waals surface area contributed by atoms with Crippen LogP contribution in [0.15, 0.2) is 54.6 Å². The Morgan fingerprint density at radius 2 is 1.87 bits per heavy atom. The zero-order valence-corrected chi connectivity index (χ0v) is 17.7. The molecule has 0 saturated heterocycles. The summed E-state index contributed by atoms with van der Waals surface area (Å²) in [7, 11) is 0. The van der Waals surface area contributed by atoms with Crippen molar-refractivity contribution in [3.63, 3.8) is 0 Å². The standard InChI is InChI=1S/C22H27NO6S/c1-16(10-12-28-20(25)15-30)21(17-6-5-9-19(14-17)27-13-11-24)29-22(26)23-18-7-3-2-4-8-18/h2-9,14,16,21,24,30H,10-13,15H2,1H3,(H,23,26)/t16-,21-/m0/s1. The van der Waals surface area contributed by atoms with Crippen LogP contribution in [0.3, 0.4) is 0 Å². The number of para-hydroxylation sites is 1. The normalized spacial score (nSPS) is 12.5. The van der Waals surface area contributed by atoms with Crippen molar-refractivity contribution in [2.24, 2.45) is 5.92 Å². The number of anilines is 1. The number of hydrogen-bond donors (Lipinski definition) is 3. The van der Waals surface area contributed by atoms with Crippen LogP contribution in [0, 0.1) is 5.92 Å². The molecule has 0 radical (unpaired) electrons. The second-order valence-electron chi connectivity index (χ2n) is 6.61. The molecule has 0 saturated carbocycles. The van der Waals surface area contributed by atoms with Gasteiger partial charge in [-0.05, 0) is 36.2 Å². The van der Waals surface area contributed by atoms with E-state index >= 15 is 0 Å². The molecule has 30 heavy (non-hydrogen) atoms. The lowest BCUT2D eigenvalue weighted by atomic mass is 9.94. The minimum Gasteiger partial charge on any atom is -0.491 e. The van der Waals surface area contributed by atoms with Gasteiger partial charge < -0.3 is 19.3 Å². The zero-order chi connectivity index (χ0) is 21.8. The lowest BCUT2D eigenvalue weighted by Gasteiger charge is -2.25. The van der Waals surface area contributed by atoms with E-state index in [4.69, 9.17) is 19.3 Å². The Morgan fingerprint density at radius 1 is 1.10 bits per heavy atom. The van der Waals surface area contributed by atoms with Crippen LogP contribution in [-0.2, 0) is 14.3 Å². The van der Waals surface area contributed by atoms with Gasteiger partial charge >= 0.3 is 12.1 Å². The van der Waals surface area contributed by atoms with E-state index in [2.05, 4.69) is 17.9 Å². The van der Waals surface area contributed by atoms with Gasteiger partial charge in [-0.25, -0.2) is 4.79 Å². The molecule has 2 rings (SSSR count). The highest BCUT2D eigenvalue weighted by Gasteiger charge is 2.24. The van der Waals surface area contributed by atoms with Crippen LogP contribution < -0.4 is 10.1 Å². The van der Waals surface area contributed by atoms with Gasteiger partial charge in [0.25, 0.3) is 0 Å². The average Bonchev–Trinajstić information content (AvgIpc) is 2.76. The van der Waals surface area contributed by atoms with Crippen LogP contribution in [0.2, 0.25) is 0 Å². The van der Waals surface area contributed by atoms with Gasteiger partial charge in [-0.2, -0.15) is 12.6 Å². The van der Waals surface area contributed by atoms with E-state index in [0.29, 0.717) is 17.9 Å². The Morgan fingerprint density at radius 3 is 2.57 bits per heavy atom. The Balaban J connectivity index is 2.12. The van der Waals surface area contributed by atoms with Crippen LogP contribution in [0.4, 0.5) is 10.5 Å². The first-order valence-electron chi connectivity index (χ1n) is 9.66. The van der Waals surface area contributed by atoms with Gasteiger partial charge in [-0.15, -0.1) is 0 Å². The molecule has 0 heterocycles. The molecule has 0 fully saturated rings. The van der Waals surface area contributed by atoms with E-state index < -0.39 is 18.2 Å². The summed E-state index contributed by atoms with van der Waals surface area (Å²) in [5.41, 5.74) is 1.36. The van der Waals surface area contributed by atoms with E-state index in [0.717, 1.165) is 5.56 Å². The average molecular weight is 434 g/mol. The van der Waals surface area contributed by atoms with Gasteiger partial charge in [0.15, 0.2) is 0 Å². The Kier molecular flexibility index (Phi) is 10.0. The first kappa shape index (κ1) is 23.6. The number of rotatable bonds is 11. The number of thiol groups is 1. The second kappa shape index (κ2) is 12.8. The summed E-state index contributed by atoms with van der Waals surface area (Å²) in [5, 5.41) is 11.7. The highest BCUT2D eigenvalue weighted by atomic mass is 32.1. The van der Waals surface area contributed by atoms with Crippen LogP contribution in [0.25, 0.3) is 0 Å². The summed E-state index contributed by atoms with van der Waals surface area (Å²) in [6, 6.07) is 16.2. The molecule has 2 aromatic rings. The van der Waals surface area contributed by atoms with Gasteiger partial charge in [0.2, 0.25) is 0 Å². The summed E-state index contributed by atoms with van der Waals surface area (Å²) >= 11 is 3.89. The van der Waals surface area contributed by atoms with Crippen LogP contribution in [-0.4, -0.2) is 42.7 Å². The van der Waals surface area contributed by atoms with Crippen molar-refractivity contribution < 1.29 is 28.9 Å². The van der Waals surface area contributed by atoms with Gasteiger partial charge in [0, 0.05) is 11.6 Å². The Labute approximate surface area is 181 Å². The number of carbonyl (C=O) groups excluding carboxylic acids is 2. The molecule has 2 aromatic carbocycles. The number of amides is 1. The van der Waals surface area contributed by atoms with Crippen LogP contribution in [0.1, 0.15) is 25.0 Å². The molecular weight excluding hydrogens is 406 g/mol. The maximum absolute atomic E-state index is 12.5. The second-order valence-corrected chi connectivity index (χ2v) is 6.92. The summed E-state index contributed by atoms with van der Waals surface area (Å²) in [4.78, 5) is 23.8. The molecule has 8 heteroatoms. The summed E-state index contributed by atoms with van der Waals surface area (Å²) < 4.78 is 16.3. The fourth-order valence-corrected chi connectivity index (χ4v) is 2.89. The number of benzene rings is 2. The molecular formula is C22H27NO6S. The maximum Gasteiger partial charge on any atom is 0.412 e. The SMILES string of the molecule is C[C@@H](CCOC(=O)CS)[C@H](OC(=O)Nc1ccccc1)c1cccc(OCCO)c1. The quantitative estimate of drug-likeness (QED) is 0.368. The van der Waals surface area contributed by atoms with Crippen molar-refractivity contribution in [3.8, 4) is 5.75 Å². The largest absolute Gasteiger partial charge is 0.491 e. The van der Waals surface area contributed by atoms with Crippen molar-refractivity contribution >= 4 is 30.4 Å². The highest BCUT2D eigenvalue weighted by molar-refractivity contribution is 7.81. The predicted octanol–water partition coefficient (Wildman–Crippen LogP) is 3.85. The van der Waals surface area contributed by atoms with Crippen LogP contribution in [0.5, 0.6) is 5.75 Å². The minimum absolute atomic E-state index is 0.0119. The molecule has 1 amide bonds. The number of aliphatic hydroxyl groups is 1. The molecule has 2 atom stereocenters. The first-order chi connectivity index (χ1) is 14.5. The Bertz CT molecular complexity index is 801. The number of nitrogens with one attached hydrogen (secondary N) is 1. The van der Waals surface area contributed by atoms with Gasteiger partial charge in [0.05, 0.1) is 19.0 Å². The molecule has 2 N–H and O–H groups in total. The fraction of sp³-hybridized carbons (Fsp3) is 0.364. The molecule has 7 nitrogen and oxygen atoms in total. The number of aliphatic hydroxyl groups excluding tert-OH is 1. The van der Waals surface area contributed by atoms with E-state index in [1.165, 1.54) is 0 Å². The number of hydrogen-bond acceptors (Lipinski definition) is 7. The molecule has 0 aliphatic rings. The first-order valence-corrected chi connectivity index (χ1v) is 10.3. The van der Waals surface area contributed by atoms with E-state index in [1.807, 2.05) is 31.2 Å². The van der Waals surface area contributed by atoms with Crippen molar-refractivity contribution in [1.29, 1.82) is 0 Å².